The molecule has 1 unspecified atom stereocenters. The van der Waals surface area contributed by atoms with Crippen molar-refractivity contribution in [3.05, 3.63) is 18.5 Å². The van der Waals surface area contributed by atoms with Gasteiger partial charge in [0.2, 0.25) is 5.91 Å². The van der Waals surface area contributed by atoms with E-state index in [0.717, 1.165) is 25.1 Å². The maximum absolute atomic E-state index is 11.7. The Morgan fingerprint density at radius 1 is 1.63 bits per heavy atom. The highest BCUT2D eigenvalue weighted by Gasteiger charge is 2.43. The molecule has 2 rings (SSSR count). The van der Waals surface area contributed by atoms with E-state index < -0.39 is 6.10 Å². The van der Waals surface area contributed by atoms with Crippen LogP contribution in [0.2, 0.25) is 0 Å². The van der Waals surface area contributed by atoms with Gasteiger partial charge < -0.3 is 10.4 Å². The van der Waals surface area contributed by atoms with Crippen LogP contribution < -0.4 is 5.32 Å². The third-order valence-corrected chi connectivity index (χ3v) is 4.19. The number of thioether (sulfide) groups is 1. The van der Waals surface area contributed by atoms with Crippen molar-refractivity contribution in [3.63, 3.8) is 0 Å². The first-order valence-corrected chi connectivity index (χ1v) is 7.97. The van der Waals surface area contributed by atoms with Crippen molar-refractivity contribution in [2.45, 2.75) is 31.9 Å². The van der Waals surface area contributed by atoms with Gasteiger partial charge in [-0.3, -0.25) is 9.48 Å². The normalized spacial score (nSPS) is 18.0. The molecule has 0 radical (unpaired) electrons. The lowest BCUT2D eigenvalue weighted by Crippen LogP contribution is -2.39. The van der Waals surface area contributed by atoms with Gasteiger partial charge in [-0.25, -0.2) is 0 Å². The predicted octanol–water partition coefficient (Wildman–Crippen LogP) is 0.893. The fourth-order valence-corrected chi connectivity index (χ4v) is 2.52. The Labute approximate surface area is 117 Å². The molecular weight excluding hydrogens is 262 g/mol. The monoisotopic (exact) mass is 283 g/mol. The zero-order valence-corrected chi connectivity index (χ0v) is 12.0. The summed E-state index contributed by atoms with van der Waals surface area (Å²) in [7, 11) is 0. The Morgan fingerprint density at radius 3 is 3.00 bits per heavy atom. The predicted molar refractivity (Wildman–Crippen MR) is 75.9 cm³/mol. The number of aliphatic hydroxyl groups excluding tert-OH is 1. The lowest BCUT2D eigenvalue weighted by Gasteiger charge is -2.17. The molecule has 0 bridgehead atoms. The van der Waals surface area contributed by atoms with E-state index in [2.05, 4.69) is 10.4 Å². The molecule has 0 spiro atoms. The molecule has 0 aliphatic heterocycles. The maximum atomic E-state index is 11.7. The van der Waals surface area contributed by atoms with E-state index in [0.29, 0.717) is 13.0 Å². The molecular formula is C13H21N3O2S. The summed E-state index contributed by atoms with van der Waals surface area (Å²) < 4.78 is 1.91. The highest BCUT2D eigenvalue weighted by molar-refractivity contribution is 7.98. The summed E-state index contributed by atoms with van der Waals surface area (Å²) in [6, 6.07) is 1.90. The Hall–Kier alpha value is -1.01. The lowest BCUT2D eigenvalue weighted by molar-refractivity contribution is -0.129. The first-order valence-electron chi connectivity index (χ1n) is 6.57. The molecule has 2 N–H and O–H groups in total. The fraction of sp³-hybridized carbons (Fsp3) is 0.692. The van der Waals surface area contributed by atoms with Crippen LogP contribution in [0.1, 0.15) is 19.3 Å². The number of nitrogens with zero attached hydrogens (tertiary/aromatic N) is 2. The number of amides is 1. The fourth-order valence-electron chi connectivity index (χ4n) is 2.06. The van der Waals surface area contributed by atoms with Gasteiger partial charge in [0, 0.05) is 30.9 Å². The Morgan fingerprint density at radius 2 is 2.42 bits per heavy atom. The van der Waals surface area contributed by atoms with Gasteiger partial charge in [-0.2, -0.15) is 16.9 Å². The third kappa shape index (κ3) is 4.24. The van der Waals surface area contributed by atoms with Crippen LogP contribution in [0.15, 0.2) is 18.5 Å². The van der Waals surface area contributed by atoms with E-state index in [1.165, 1.54) is 0 Å². The molecule has 1 aromatic rings. The molecule has 1 amide bonds. The van der Waals surface area contributed by atoms with Gasteiger partial charge >= 0.3 is 0 Å². The largest absolute Gasteiger partial charge is 0.383 e. The maximum Gasteiger partial charge on any atom is 0.248 e. The van der Waals surface area contributed by atoms with Gasteiger partial charge in [0.15, 0.2) is 0 Å². The number of aliphatic hydroxyl groups is 1. The Balaban J connectivity index is 1.74. The van der Waals surface area contributed by atoms with Crippen LogP contribution in [-0.4, -0.2) is 45.5 Å². The molecule has 1 aromatic heterocycles. The number of carbonyl (C=O) groups is 1. The molecule has 1 fully saturated rings. The van der Waals surface area contributed by atoms with Gasteiger partial charge in [-0.05, 0) is 37.3 Å². The van der Waals surface area contributed by atoms with Crippen molar-refractivity contribution in [2.75, 3.05) is 18.6 Å². The summed E-state index contributed by atoms with van der Waals surface area (Å²) in [4.78, 5) is 11.7. The van der Waals surface area contributed by atoms with Crippen molar-refractivity contribution in [2.24, 2.45) is 5.41 Å². The van der Waals surface area contributed by atoms with Crippen molar-refractivity contribution >= 4 is 17.7 Å². The van der Waals surface area contributed by atoms with Crippen LogP contribution in [0.25, 0.3) is 0 Å². The summed E-state index contributed by atoms with van der Waals surface area (Å²) >= 11 is 1.63. The standard InChI is InChI=1S/C13H21N3O2S/c1-19-8-3-11(17)12(18)14-9-13(4-5-13)10-16-7-2-6-15-16/h2,6-7,11,17H,3-5,8-10H2,1H3,(H,14,18). The van der Waals surface area contributed by atoms with Gasteiger partial charge in [-0.15, -0.1) is 0 Å². The van der Waals surface area contributed by atoms with E-state index >= 15 is 0 Å². The van der Waals surface area contributed by atoms with E-state index in [1.807, 2.05) is 23.2 Å². The molecule has 1 heterocycles. The Kier molecular flexibility index (Phi) is 4.87. The van der Waals surface area contributed by atoms with E-state index in [1.54, 1.807) is 18.0 Å². The minimum atomic E-state index is -0.882. The summed E-state index contributed by atoms with van der Waals surface area (Å²) in [5.74, 6) is 0.549. The third-order valence-electron chi connectivity index (χ3n) is 3.55. The van der Waals surface area contributed by atoms with Crippen LogP contribution >= 0.6 is 11.8 Å². The molecule has 1 aliphatic carbocycles. The lowest BCUT2D eigenvalue weighted by atomic mass is 10.1. The number of carbonyl (C=O) groups excluding carboxylic acids is 1. The first kappa shape index (κ1) is 14.4. The van der Waals surface area contributed by atoms with Crippen molar-refractivity contribution in [1.82, 2.24) is 15.1 Å². The van der Waals surface area contributed by atoms with E-state index in [-0.39, 0.29) is 11.3 Å². The van der Waals surface area contributed by atoms with Crippen molar-refractivity contribution < 1.29 is 9.90 Å². The van der Waals surface area contributed by atoms with Crippen LogP contribution in [0, 0.1) is 5.41 Å². The summed E-state index contributed by atoms with van der Waals surface area (Å²) in [6.45, 7) is 1.46. The molecule has 1 atom stereocenters. The minimum absolute atomic E-state index is 0.140. The Bertz CT molecular complexity index is 404. The van der Waals surface area contributed by atoms with Gasteiger partial charge in [-0.1, -0.05) is 0 Å². The smallest absolute Gasteiger partial charge is 0.248 e. The molecule has 1 saturated carbocycles. The molecule has 5 nitrogen and oxygen atoms in total. The number of nitrogens with one attached hydrogen (secondary N) is 1. The second-order valence-electron chi connectivity index (χ2n) is 5.22. The van der Waals surface area contributed by atoms with Gasteiger partial charge in [0.25, 0.3) is 0 Å². The topological polar surface area (TPSA) is 67.2 Å². The molecule has 0 saturated heterocycles. The summed E-state index contributed by atoms with van der Waals surface area (Å²) in [6.07, 6.45) is 7.51. The molecule has 0 aromatic carbocycles. The summed E-state index contributed by atoms with van der Waals surface area (Å²) in [5, 5.41) is 16.7. The second-order valence-corrected chi connectivity index (χ2v) is 6.20. The molecule has 6 heteroatoms. The molecule has 1 aliphatic rings. The SMILES string of the molecule is CSCCC(O)C(=O)NCC1(Cn2cccn2)CC1. The van der Waals surface area contributed by atoms with Crippen LogP contribution in [-0.2, 0) is 11.3 Å². The quantitative estimate of drug-likeness (QED) is 0.743. The van der Waals surface area contributed by atoms with Crippen LogP contribution in [0.5, 0.6) is 0 Å². The zero-order valence-electron chi connectivity index (χ0n) is 11.2. The highest BCUT2D eigenvalue weighted by atomic mass is 32.2. The minimum Gasteiger partial charge on any atom is -0.383 e. The molecule has 19 heavy (non-hydrogen) atoms. The van der Waals surface area contributed by atoms with E-state index in [9.17, 15) is 9.90 Å². The second kappa shape index (κ2) is 6.43. The van der Waals surface area contributed by atoms with Gasteiger partial charge in [0.05, 0.1) is 0 Å². The zero-order chi connectivity index (χ0) is 13.7. The van der Waals surface area contributed by atoms with Crippen LogP contribution in [0.3, 0.4) is 0 Å². The van der Waals surface area contributed by atoms with Crippen molar-refractivity contribution in [1.29, 1.82) is 0 Å². The number of hydrogen-bond donors (Lipinski definition) is 2. The number of aromatic nitrogens is 2. The van der Waals surface area contributed by atoms with E-state index in [4.69, 9.17) is 0 Å². The number of hydrogen-bond acceptors (Lipinski definition) is 4. The van der Waals surface area contributed by atoms with Gasteiger partial charge in [0.1, 0.15) is 6.10 Å². The average molecular weight is 283 g/mol. The van der Waals surface area contributed by atoms with Crippen LogP contribution in [0.4, 0.5) is 0 Å². The first-order chi connectivity index (χ1) is 9.15. The number of rotatable bonds is 8. The molecule has 106 valence electrons. The highest BCUT2D eigenvalue weighted by Crippen LogP contribution is 2.46. The summed E-state index contributed by atoms with van der Waals surface area (Å²) in [5.41, 5.74) is 0.140. The van der Waals surface area contributed by atoms with Crippen molar-refractivity contribution in [3.8, 4) is 0 Å². The average Bonchev–Trinajstić information content (AvgIpc) is 2.98.